The lowest BCUT2D eigenvalue weighted by Gasteiger charge is -2.24. The van der Waals surface area contributed by atoms with Crippen LogP contribution in [0.2, 0.25) is 0 Å². The summed E-state index contributed by atoms with van der Waals surface area (Å²) in [5.74, 6) is 5.05. The number of nitrogens with one attached hydrogen (secondary N) is 2. The summed E-state index contributed by atoms with van der Waals surface area (Å²) in [6.45, 7) is 6.03. The molecule has 2 aliphatic carbocycles. The number of halogens is 1. The van der Waals surface area contributed by atoms with E-state index in [0.717, 1.165) is 29.5 Å². The topological polar surface area (TPSA) is 113 Å². The minimum absolute atomic E-state index is 0.200. The lowest BCUT2D eigenvalue weighted by atomic mass is 9.86. The lowest BCUT2D eigenvalue weighted by Crippen LogP contribution is -2.37. The molecule has 45 heavy (non-hydrogen) atoms. The van der Waals surface area contributed by atoms with Gasteiger partial charge in [-0.25, -0.2) is 0 Å². The fourth-order valence-corrected chi connectivity index (χ4v) is 5.93. The number of aldehydes is 1. The first kappa shape index (κ1) is 33.6. The smallest absolute Gasteiger partial charge is 0.210 e. The molecule has 4 rings (SSSR count). The number of ketones is 3. The maximum atomic E-state index is 13.4. The largest absolute Gasteiger partial charge is 0.394 e. The summed E-state index contributed by atoms with van der Waals surface area (Å²) >= 11 is 3.30. The van der Waals surface area contributed by atoms with Gasteiger partial charge in [0.15, 0.2) is 0 Å². The van der Waals surface area contributed by atoms with Crippen molar-refractivity contribution in [3.05, 3.63) is 115 Å². The van der Waals surface area contributed by atoms with Crippen molar-refractivity contribution in [2.45, 2.75) is 58.9 Å². The first-order chi connectivity index (χ1) is 21.7. The van der Waals surface area contributed by atoms with Gasteiger partial charge in [-0.1, -0.05) is 59.7 Å². The molecule has 0 bridgehead atoms. The van der Waals surface area contributed by atoms with E-state index in [0.29, 0.717) is 54.4 Å². The van der Waals surface area contributed by atoms with E-state index in [4.69, 9.17) is 0 Å². The second kappa shape index (κ2) is 15.6. The molecule has 0 heterocycles. The number of aliphatic hydroxyl groups is 1. The quantitative estimate of drug-likeness (QED) is 0.142. The van der Waals surface area contributed by atoms with E-state index in [2.05, 4.69) is 51.4 Å². The highest BCUT2D eigenvalue weighted by atomic mass is 79.9. The average molecular weight is 670 g/mol. The predicted molar refractivity (Wildman–Crippen MR) is 179 cm³/mol. The third-order valence-electron chi connectivity index (χ3n) is 7.89. The highest BCUT2D eigenvalue weighted by Crippen LogP contribution is 2.29. The van der Waals surface area contributed by atoms with Crippen LogP contribution in [0.25, 0.3) is 0 Å². The van der Waals surface area contributed by atoms with Crippen LogP contribution in [0.1, 0.15) is 82.2 Å². The van der Waals surface area contributed by atoms with Crippen LogP contribution in [0.5, 0.6) is 0 Å². The summed E-state index contributed by atoms with van der Waals surface area (Å²) in [5.41, 5.74) is 6.43. The highest BCUT2D eigenvalue weighted by Gasteiger charge is 2.30. The van der Waals surface area contributed by atoms with Crippen molar-refractivity contribution in [2.75, 3.05) is 13.2 Å². The van der Waals surface area contributed by atoms with Gasteiger partial charge in [0.1, 0.15) is 12.0 Å². The molecule has 1 atom stereocenters. The van der Waals surface area contributed by atoms with Crippen LogP contribution in [-0.4, -0.2) is 47.9 Å². The molecule has 3 N–H and O–H groups in total. The number of rotatable bonds is 13. The van der Waals surface area contributed by atoms with Crippen molar-refractivity contribution in [3.8, 4) is 11.8 Å². The Morgan fingerprint density at radius 2 is 1.69 bits per heavy atom. The van der Waals surface area contributed by atoms with Crippen molar-refractivity contribution in [2.24, 2.45) is 0 Å². The molecule has 8 heteroatoms. The summed E-state index contributed by atoms with van der Waals surface area (Å²) in [6, 6.07) is 12.2. The molecule has 0 radical (unpaired) electrons. The van der Waals surface area contributed by atoms with Gasteiger partial charge in [0, 0.05) is 41.6 Å². The molecule has 1 unspecified atom stereocenters. The molecule has 2 aromatic carbocycles. The maximum absolute atomic E-state index is 13.4. The minimum Gasteiger partial charge on any atom is -0.394 e. The minimum atomic E-state index is -0.440. The molecule has 0 amide bonds. The first-order valence-corrected chi connectivity index (χ1v) is 15.7. The Bertz CT molecular complexity index is 1720. The summed E-state index contributed by atoms with van der Waals surface area (Å²) in [7, 11) is 0. The molecule has 0 aromatic heterocycles. The Morgan fingerprint density at radius 3 is 2.38 bits per heavy atom. The standard InChI is InChI=1S/C37H37BrN2O5/c1-4-5-11-28(22-42)40-33-27(21-41)20-26-15-14-25(19-31(26)37(33)45)18-24(3)10-8-9-23(2)16-17-39-34-32(38)35(43)29-12-6-7-13-30(29)36(34)44/h6-7,10,12-16,19,21,28,39-40,42H,8-9,11,17-18,20,22H2,1-3H3/b23-16+,24-10+. The van der Waals surface area contributed by atoms with Gasteiger partial charge >= 0.3 is 0 Å². The molecule has 0 saturated heterocycles. The fraction of sp³-hybridized carbons (Fsp3) is 0.297. The fourth-order valence-electron chi connectivity index (χ4n) is 5.40. The molecule has 0 fully saturated rings. The number of allylic oxidation sites excluding steroid dienone is 7. The van der Waals surface area contributed by atoms with E-state index < -0.39 is 6.04 Å². The monoisotopic (exact) mass is 668 g/mol. The SMILES string of the molecule is CC#CCC(CO)NC1=C(C=O)Cc2ccc(C/C(C)=C/CC/C(C)=C/CNC3=C(Br)C(=O)c4ccccc4C3=O)cc2C1=O. The van der Waals surface area contributed by atoms with Crippen molar-refractivity contribution in [3.63, 3.8) is 0 Å². The van der Waals surface area contributed by atoms with E-state index in [-0.39, 0.29) is 39.8 Å². The van der Waals surface area contributed by atoms with Crippen LogP contribution in [-0.2, 0) is 17.6 Å². The van der Waals surface area contributed by atoms with E-state index >= 15 is 0 Å². The molecule has 0 aliphatic heterocycles. The van der Waals surface area contributed by atoms with E-state index in [9.17, 15) is 24.3 Å². The Morgan fingerprint density at radius 1 is 0.978 bits per heavy atom. The molecular formula is C37H37BrN2O5. The molecule has 7 nitrogen and oxygen atoms in total. The summed E-state index contributed by atoms with van der Waals surface area (Å²) in [4.78, 5) is 50.8. The average Bonchev–Trinajstić information content (AvgIpc) is 3.04. The zero-order chi connectivity index (χ0) is 32.5. The van der Waals surface area contributed by atoms with Crippen LogP contribution >= 0.6 is 15.9 Å². The predicted octanol–water partition coefficient (Wildman–Crippen LogP) is 5.73. The van der Waals surface area contributed by atoms with Crippen LogP contribution in [0, 0.1) is 11.8 Å². The zero-order valence-corrected chi connectivity index (χ0v) is 27.3. The molecule has 2 aromatic rings. The van der Waals surface area contributed by atoms with Crippen LogP contribution in [0.15, 0.2) is 87.2 Å². The van der Waals surface area contributed by atoms with Crippen molar-refractivity contribution in [1.82, 2.24) is 10.6 Å². The van der Waals surface area contributed by atoms with Crippen molar-refractivity contribution < 1.29 is 24.3 Å². The van der Waals surface area contributed by atoms with Gasteiger partial charge in [-0.2, -0.15) is 0 Å². The molecule has 2 aliphatic rings. The second-order valence-corrected chi connectivity index (χ2v) is 12.1. The summed E-state index contributed by atoms with van der Waals surface area (Å²) in [5, 5.41) is 15.9. The summed E-state index contributed by atoms with van der Waals surface area (Å²) < 4.78 is 0.253. The number of Topliss-reactive ketones (excluding diaryl/α,β-unsaturated/α-hetero) is 3. The lowest BCUT2D eigenvalue weighted by molar-refractivity contribution is -0.105. The van der Waals surface area contributed by atoms with Gasteiger partial charge in [0.05, 0.1) is 22.8 Å². The Labute approximate surface area is 272 Å². The van der Waals surface area contributed by atoms with Crippen LogP contribution in [0.3, 0.4) is 0 Å². The van der Waals surface area contributed by atoms with Crippen molar-refractivity contribution in [1.29, 1.82) is 0 Å². The van der Waals surface area contributed by atoms with Gasteiger partial charge in [0.2, 0.25) is 17.3 Å². The van der Waals surface area contributed by atoms with Gasteiger partial charge in [-0.05, 0) is 73.2 Å². The van der Waals surface area contributed by atoms with E-state index in [1.165, 1.54) is 5.57 Å². The van der Waals surface area contributed by atoms with Crippen molar-refractivity contribution >= 4 is 39.6 Å². The number of fused-ring (bicyclic) bond motifs is 2. The molecule has 0 spiro atoms. The summed E-state index contributed by atoms with van der Waals surface area (Å²) in [6.07, 6.45) is 7.98. The third-order valence-corrected chi connectivity index (χ3v) is 8.65. The Balaban J connectivity index is 1.33. The van der Waals surface area contributed by atoms with Gasteiger partial charge < -0.3 is 15.7 Å². The van der Waals surface area contributed by atoms with Gasteiger partial charge in [0.25, 0.3) is 0 Å². The van der Waals surface area contributed by atoms with E-state index in [1.54, 1.807) is 31.2 Å². The van der Waals surface area contributed by atoms with Gasteiger partial charge in [-0.3, -0.25) is 19.2 Å². The maximum Gasteiger partial charge on any atom is 0.210 e. The van der Waals surface area contributed by atoms with Gasteiger partial charge in [-0.15, -0.1) is 11.8 Å². The Hall–Kier alpha value is -4.32. The number of aliphatic hydroxyl groups excluding tert-OH is 1. The second-order valence-electron chi connectivity index (χ2n) is 11.3. The number of hydrogen-bond donors (Lipinski definition) is 3. The number of hydrogen-bond acceptors (Lipinski definition) is 7. The number of carbonyl (C=O) groups is 4. The molecule has 0 saturated carbocycles. The Kier molecular flexibility index (Phi) is 11.6. The van der Waals surface area contributed by atoms with E-state index in [1.807, 2.05) is 31.2 Å². The first-order valence-electron chi connectivity index (χ1n) is 14.9. The number of carbonyl (C=O) groups excluding carboxylic acids is 4. The highest BCUT2D eigenvalue weighted by molar-refractivity contribution is 9.12. The third kappa shape index (κ3) is 8.05. The zero-order valence-electron chi connectivity index (χ0n) is 25.8. The molecule has 232 valence electrons. The number of benzene rings is 2. The molecular weight excluding hydrogens is 632 g/mol. The normalized spacial score (nSPS) is 15.7. The van der Waals surface area contributed by atoms with Crippen LogP contribution in [0.4, 0.5) is 0 Å². The van der Waals surface area contributed by atoms with Crippen LogP contribution < -0.4 is 10.6 Å².